The zero-order valence-corrected chi connectivity index (χ0v) is 22.1. The smallest absolute Gasteiger partial charge is 0.313 e. The van der Waals surface area contributed by atoms with Gasteiger partial charge in [0, 0.05) is 29.6 Å². The molecule has 4 aromatic rings. The summed E-state index contributed by atoms with van der Waals surface area (Å²) in [6, 6.07) is 17.0. The number of ether oxygens (including phenoxy) is 1. The van der Waals surface area contributed by atoms with Gasteiger partial charge in [0.1, 0.15) is 17.3 Å². The number of rotatable bonds is 7. The SMILES string of the molecule is COc1cc(C(C)(C)C(=O)O)ccc1-c1ccc2c(c1)C(=O)N(c1cccc(-c3nccn3C(C)C)n1)C2. The minimum atomic E-state index is -1.06. The van der Waals surface area contributed by atoms with Crippen molar-refractivity contribution in [1.82, 2.24) is 14.5 Å². The van der Waals surface area contributed by atoms with Crippen molar-refractivity contribution < 1.29 is 19.4 Å². The van der Waals surface area contributed by atoms with Crippen LogP contribution in [0.25, 0.3) is 22.6 Å². The lowest BCUT2D eigenvalue weighted by Crippen LogP contribution is -2.28. The summed E-state index contributed by atoms with van der Waals surface area (Å²) in [6.07, 6.45) is 3.68. The van der Waals surface area contributed by atoms with Crippen LogP contribution in [0.15, 0.2) is 67.0 Å². The lowest BCUT2D eigenvalue weighted by atomic mass is 9.83. The molecule has 1 aliphatic rings. The molecule has 1 aliphatic heterocycles. The molecule has 38 heavy (non-hydrogen) atoms. The van der Waals surface area contributed by atoms with Crippen molar-refractivity contribution in [2.75, 3.05) is 12.0 Å². The maximum absolute atomic E-state index is 13.5. The van der Waals surface area contributed by atoms with Gasteiger partial charge in [0.25, 0.3) is 5.91 Å². The monoisotopic (exact) mass is 510 g/mol. The number of carbonyl (C=O) groups excluding carboxylic acids is 1. The zero-order chi connectivity index (χ0) is 27.2. The van der Waals surface area contributed by atoms with Gasteiger partial charge in [-0.2, -0.15) is 0 Å². The molecular formula is C30H30N4O4. The summed E-state index contributed by atoms with van der Waals surface area (Å²) in [7, 11) is 1.56. The normalized spacial score (nSPS) is 13.2. The van der Waals surface area contributed by atoms with E-state index in [0.717, 1.165) is 22.5 Å². The van der Waals surface area contributed by atoms with E-state index in [0.29, 0.717) is 34.9 Å². The van der Waals surface area contributed by atoms with E-state index < -0.39 is 11.4 Å². The predicted octanol–water partition coefficient (Wildman–Crippen LogP) is 5.72. The van der Waals surface area contributed by atoms with Crippen LogP contribution in [-0.2, 0) is 16.8 Å². The third-order valence-corrected chi connectivity index (χ3v) is 7.15. The largest absolute Gasteiger partial charge is 0.496 e. The lowest BCUT2D eigenvalue weighted by Gasteiger charge is -2.21. The van der Waals surface area contributed by atoms with Gasteiger partial charge in [-0.05, 0) is 68.7 Å². The number of pyridine rings is 1. The van der Waals surface area contributed by atoms with E-state index in [9.17, 15) is 14.7 Å². The molecule has 2 aromatic heterocycles. The number of aliphatic carboxylic acids is 1. The van der Waals surface area contributed by atoms with Crippen molar-refractivity contribution in [3.8, 4) is 28.4 Å². The summed E-state index contributed by atoms with van der Waals surface area (Å²) in [4.78, 5) is 36.2. The standard InChI is InChI=1S/C30H30N4O4/c1-18(2)33-14-13-31-27(33)24-7-6-8-26(32-24)34-17-20-10-9-19(15-23(20)28(34)35)22-12-11-21(16-25(22)38-5)30(3,4)29(36)37/h6-16,18H,17H2,1-5H3,(H,36,37). The van der Waals surface area contributed by atoms with Gasteiger partial charge in [0.2, 0.25) is 0 Å². The third-order valence-electron chi connectivity index (χ3n) is 7.15. The summed E-state index contributed by atoms with van der Waals surface area (Å²) in [5.74, 6) is 0.841. The number of aromatic nitrogens is 3. The maximum Gasteiger partial charge on any atom is 0.313 e. The number of carboxylic acid groups (broad SMARTS) is 1. The fourth-order valence-electron chi connectivity index (χ4n) is 4.72. The Morgan fingerprint density at radius 3 is 2.58 bits per heavy atom. The van der Waals surface area contributed by atoms with Crippen LogP contribution in [0.4, 0.5) is 5.82 Å². The Kier molecular flexibility index (Phi) is 6.26. The number of imidazole rings is 1. The maximum atomic E-state index is 13.5. The zero-order valence-electron chi connectivity index (χ0n) is 22.1. The van der Waals surface area contributed by atoms with E-state index in [-0.39, 0.29) is 11.9 Å². The number of amides is 1. The summed E-state index contributed by atoms with van der Waals surface area (Å²) < 4.78 is 7.67. The predicted molar refractivity (Wildman–Crippen MR) is 145 cm³/mol. The Morgan fingerprint density at radius 2 is 1.87 bits per heavy atom. The van der Waals surface area contributed by atoms with Gasteiger partial charge < -0.3 is 14.4 Å². The lowest BCUT2D eigenvalue weighted by molar-refractivity contribution is -0.142. The van der Waals surface area contributed by atoms with Crippen LogP contribution in [0.5, 0.6) is 5.75 Å². The Morgan fingerprint density at radius 1 is 1.08 bits per heavy atom. The average Bonchev–Trinajstić information content (AvgIpc) is 3.53. The van der Waals surface area contributed by atoms with Crippen molar-refractivity contribution in [1.29, 1.82) is 0 Å². The topological polar surface area (TPSA) is 97.5 Å². The number of hydrogen-bond acceptors (Lipinski definition) is 5. The van der Waals surface area contributed by atoms with Crippen molar-refractivity contribution in [3.05, 3.63) is 83.7 Å². The second-order valence-electron chi connectivity index (χ2n) is 10.2. The van der Waals surface area contributed by atoms with E-state index >= 15 is 0 Å². The van der Waals surface area contributed by atoms with Crippen LogP contribution in [0.1, 0.15) is 55.2 Å². The van der Waals surface area contributed by atoms with Crippen molar-refractivity contribution in [3.63, 3.8) is 0 Å². The molecule has 0 atom stereocenters. The number of anilines is 1. The molecule has 0 unspecified atom stereocenters. The molecule has 0 saturated carbocycles. The summed E-state index contributed by atoms with van der Waals surface area (Å²) in [6.45, 7) is 7.91. The number of nitrogens with zero attached hydrogens (tertiary/aromatic N) is 4. The van der Waals surface area contributed by atoms with Crippen LogP contribution >= 0.6 is 0 Å². The Labute approximate surface area is 221 Å². The third kappa shape index (κ3) is 4.22. The van der Waals surface area contributed by atoms with Gasteiger partial charge >= 0.3 is 5.97 Å². The minimum absolute atomic E-state index is 0.124. The molecule has 0 radical (unpaired) electrons. The first-order chi connectivity index (χ1) is 18.1. The van der Waals surface area contributed by atoms with E-state index in [4.69, 9.17) is 9.72 Å². The molecule has 5 rings (SSSR count). The minimum Gasteiger partial charge on any atom is -0.496 e. The van der Waals surface area contributed by atoms with Crippen LogP contribution in [0.2, 0.25) is 0 Å². The van der Waals surface area contributed by atoms with Gasteiger partial charge in [-0.1, -0.05) is 30.3 Å². The summed E-state index contributed by atoms with van der Waals surface area (Å²) >= 11 is 0. The van der Waals surface area contributed by atoms with Crippen molar-refractivity contribution >= 4 is 17.7 Å². The van der Waals surface area contributed by atoms with Gasteiger partial charge in [0.15, 0.2) is 5.82 Å². The van der Waals surface area contributed by atoms with Crippen molar-refractivity contribution in [2.45, 2.75) is 45.7 Å². The molecule has 0 aliphatic carbocycles. The van der Waals surface area contributed by atoms with E-state index in [1.54, 1.807) is 44.2 Å². The molecule has 1 N–H and O–H groups in total. The molecule has 194 valence electrons. The van der Waals surface area contributed by atoms with Gasteiger partial charge in [-0.3, -0.25) is 14.5 Å². The highest BCUT2D eigenvalue weighted by molar-refractivity contribution is 6.10. The quantitative estimate of drug-likeness (QED) is 0.341. The van der Waals surface area contributed by atoms with E-state index in [1.807, 2.05) is 48.7 Å². The van der Waals surface area contributed by atoms with Crippen LogP contribution in [0.3, 0.4) is 0 Å². The number of hydrogen-bond donors (Lipinski definition) is 1. The number of fused-ring (bicyclic) bond motifs is 1. The Balaban J connectivity index is 1.47. The van der Waals surface area contributed by atoms with Crippen LogP contribution in [-0.4, -0.2) is 38.6 Å². The molecular weight excluding hydrogens is 480 g/mol. The van der Waals surface area contributed by atoms with Crippen LogP contribution in [0, 0.1) is 0 Å². The van der Waals surface area contributed by atoms with Crippen molar-refractivity contribution in [2.24, 2.45) is 0 Å². The average molecular weight is 511 g/mol. The number of carboxylic acids is 1. The highest BCUT2D eigenvalue weighted by atomic mass is 16.5. The fraction of sp³-hybridized carbons (Fsp3) is 0.267. The first kappa shape index (κ1) is 25.2. The Hall–Kier alpha value is -4.46. The number of benzene rings is 2. The molecule has 2 aromatic carbocycles. The van der Waals surface area contributed by atoms with Gasteiger partial charge in [-0.25, -0.2) is 9.97 Å². The summed E-state index contributed by atoms with van der Waals surface area (Å²) in [5.41, 5.74) is 3.40. The second kappa shape index (κ2) is 9.45. The summed E-state index contributed by atoms with van der Waals surface area (Å²) in [5, 5.41) is 9.61. The highest BCUT2D eigenvalue weighted by Crippen LogP contribution is 2.37. The molecule has 1 amide bonds. The van der Waals surface area contributed by atoms with Crippen LogP contribution < -0.4 is 9.64 Å². The van der Waals surface area contributed by atoms with E-state index in [1.165, 1.54) is 0 Å². The first-order valence-electron chi connectivity index (χ1n) is 12.5. The molecule has 0 spiro atoms. The van der Waals surface area contributed by atoms with Gasteiger partial charge in [0.05, 0.1) is 19.1 Å². The molecule has 0 bridgehead atoms. The Bertz CT molecular complexity index is 1550. The number of carbonyl (C=O) groups is 2. The number of methoxy groups -OCH3 is 1. The molecule has 8 nitrogen and oxygen atoms in total. The molecule has 0 saturated heterocycles. The highest BCUT2D eigenvalue weighted by Gasteiger charge is 2.32. The molecule has 0 fully saturated rings. The molecule has 8 heteroatoms. The second-order valence-corrected chi connectivity index (χ2v) is 10.2. The fourth-order valence-corrected chi connectivity index (χ4v) is 4.72. The van der Waals surface area contributed by atoms with Gasteiger partial charge in [-0.15, -0.1) is 0 Å². The molecule has 3 heterocycles. The van der Waals surface area contributed by atoms with E-state index in [2.05, 4.69) is 23.4 Å². The first-order valence-corrected chi connectivity index (χ1v) is 12.5.